The molecule has 5 aromatic rings. The molecule has 5 rings (SSSR count). The van der Waals surface area contributed by atoms with E-state index in [0.29, 0.717) is 15.9 Å². The molecule has 0 aliphatic carbocycles. The minimum atomic E-state index is -4.01. The first-order chi connectivity index (χ1) is 18.2. The zero-order valence-corrected chi connectivity index (χ0v) is 21.0. The van der Waals surface area contributed by atoms with Gasteiger partial charge in [-0.3, -0.25) is 14.1 Å². The number of nitriles is 1. The number of benzene rings is 3. The van der Waals surface area contributed by atoms with Crippen LogP contribution in [0.15, 0.2) is 87.2 Å². The van der Waals surface area contributed by atoms with Gasteiger partial charge in [-0.2, -0.15) is 5.26 Å². The molecular weight excluding hydrogens is 535 g/mol. The minimum absolute atomic E-state index is 0.00891. The molecule has 12 heteroatoms. The van der Waals surface area contributed by atoms with Crippen molar-refractivity contribution in [3.8, 4) is 28.6 Å². The number of rotatable bonds is 6. The van der Waals surface area contributed by atoms with Crippen LogP contribution in [0, 0.1) is 17.1 Å². The van der Waals surface area contributed by atoms with Crippen molar-refractivity contribution in [1.29, 1.82) is 5.26 Å². The summed E-state index contributed by atoms with van der Waals surface area (Å²) in [7, 11) is -2.65. The first-order valence-electron chi connectivity index (χ1n) is 10.9. The number of aromatic nitrogens is 2. The van der Waals surface area contributed by atoms with Gasteiger partial charge in [0.25, 0.3) is 15.6 Å². The van der Waals surface area contributed by atoms with Crippen molar-refractivity contribution in [3.05, 3.63) is 99.8 Å². The normalized spacial score (nSPS) is 11.3. The highest BCUT2D eigenvalue weighted by molar-refractivity contribution is 7.92. The van der Waals surface area contributed by atoms with Crippen molar-refractivity contribution in [2.45, 2.75) is 4.90 Å². The molecule has 9 nitrogen and oxygen atoms in total. The van der Waals surface area contributed by atoms with Gasteiger partial charge in [0.05, 0.1) is 34.8 Å². The molecule has 2 heterocycles. The second-order valence-corrected chi connectivity index (χ2v) is 10.1. The number of ether oxygens (including phenoxy) is 1. The first kappa shape index (κ1) is 25.0. The van der Waals surface area contributed by atoms with Crippen LogP contribution in [-0.4, -0.2) is 25.3 Å². The number of hydrogen-bond acceptors (Lipinski definition) is 7. The molecule has 3 aromatic carbocycles. The lowest BCUT2D eigenvalue weighted by Gasteiger charge is -2.17. The largest absolute Gasteiger partial charge is 0.495 e. The van der Waals surface area contributed by atoms with Gasteiger partial charge in [-0.15, -0.1) is 0 Å². The number of anilines is 1. The van der Waals surface area contributed by atoms with E-state index in [1.165, 1.54) is 78.6 Å². The fraction of sp³-hybridized carbons (Fsp3) is 0.0385. The standard InChI is InChI=1S/C26H16ClFN4O5S/c1-36-24-12-20(19-11-17(27)4-2-16(19)14-29)21(28)13-23(24)32-22-6-5-18(10-15(22)3-7-26(32)33)38(34,35)31-25-8-9-37-30-25/h2-13H,1H3,(H,30,31). The predicted molar refractivity (Wildman–Crippen MR) is 139 cm³/mol. The highest BCUT2D eigenvalue weighted by atomic mass is 35.5. The van der Waals surface area contributed by atoms with Crippen LogP contribution in [0.1, 0.15) is 5.56 Å². The predicted octanol–water partition coefficient (Wildman–Crippen LogP) is 5.12. The number of nitrogens with zero attached hydrogens (tertiary/aromatic N) is 3. The number of hydrogen-bond donors (Lipinski definition) is 1. The molecule has 1 N–H and O–H groups in total. The van der Waals surface area contributed by atoms with Crippen LogP contribution in [0.4, 0.5) is 10.2 Å². The van der Waals surface area contributed by atoms with Gasteiger partial charge in [0.15, 0.2) is 5.82 Å². The lowest BCUT2D eigenvalue weighted by atomic mass is 9.99. The van der Waals surface area contributed by atoms with Gasteiger partial charge >= 0.3 is 0 Å². The Morgan fingerprint density at radius 2 is 1.89 bits per heavy atom. The summed E-state index contributed by atoms with van der Waals surface area (Å²) in [6.07, 6.45) is 1.22. The monoisotopic (exact) mass is 550 g/mol. The molecule has 0 radical (unpaired) electrons. The third kappa shape index (κ3) is 4.47. The molecular formula is C26H16ClFN4O5S. The van der Waals surface area contributed by atoms with Gasteiger partial charge in [-0.05, 0) is 48.5 Å². The molecule has 0 atom stereocenters. The summed E-state index contributed by atoms with van der Waals surface area (Å²) in [5.41, 5.74) is 0.426. The minimum Gasteiger partial charge on any atom is -0.495 e. The van der Waals surface area contributed by atoms with E-state index in [1.54, 1.807) is 0 Å². The van der Waals surface area contributed by atoms with Crippen molar-refractivity contribution >= 4 is 38.3 Å². The molecule has 0 saturated heterocycles. The van der Waals surface area contributed by atoms with Gasteiger partial charge in [0, 0.05) is 39.7 Å². The average Bonchev–Trinajstić information content (AvgIpc) is 3.40. The zero-order valence-electron chi connectivity index (χ0n) is 19.5. The summed E-state index contributed by atoms with van der Waals surface area (Å²) in [6, 6.07) is 17.2. The van der Waals surface area contributed by atoms with Crippen LogP contribution in [0.25, 0.3) is 27.7 Å². The number of nitrogens with one attached hydrogen (secondary N) is 1. The van der Waals surface area contributed by atoms with Crippen molar-refractivity contribution in [3.63, 3.8) is 0 Å². The van der Waals surface area contributed by atoms with E-state index in [0.717, 1.165) is 6.07 Å². The average molecular weight is 551 g/mol. The molecule has 0 amide bonds. The van der Waals surface area contributed by atoms with Gasteiger partial charge in [-0.1, -0.05) is 16.8 Å². The number of sulfonamides is 1. The van der Waals surface area contributed by atoms with E-state index in [1.807, 2.05) is 6.07 Å². The third-order valence-electron chi connectivity index (χ3n) is 5.75. The van der Waals surface area contributed by atoms with Crippen molar-refractivity contribution < 1.29 is 22.1 Å². The molecule has 0 aliphatic heterocycles. The van der Waals surface area contributed by atoms with Crippen molar-refractivity contribution in [1.82, 2.24) is 9.72 Å². The maximum Gasteiger partial charge on any atom is 0.263 e. The summed E-state index contributed by atoms with van der Waals surface area (Å²) in [5.74, 6) is -0.571. The summed E-state index contributed by atoms with van der Waals surface area (Å²) >= 11 is 6.08. The Bertz CT molecular complexity index is 1920. The quantitative estimate of drug-likeness (QED) is 0.311. The van der Waals surface area contributed by atoms with Gasteiger partial charge in [0.2, 0.25) is 0 Å². The zero-order chi connectivity index (χ0) is 27.0. The molecule has 190 valence electrons. The van der Waals surface area contributed by atoms with Crippen LogP contribution in [0.3, 0.4) is 0 Å². The molecule has 38 heavy (non-hydrogen) atoms. The van der Waals surface area contributed by atoms with E-state index >= 15 is 4.39 Å². The lowest BCUT2D eigenvalue weighted by Crippen LogP contribution is -2.19. The van der Waals surface area contributed by atoms with Crippen LogP contribution in [0.5, 0.6) is 5.75 Å². The Kier molecular flexibility index (Phi) is 6.36. The van der Waals surface area contributed by atoms with Crippen molar-refractivity contribution in [2.75, 3.05) is 11.8 Å². The summed E-state index contributed by atoms with van der Waals surface area (Å²) in [5, 5.41) is 13.7. The number of halogens is 2. The van der Waals surface area contributed by atoms with Gasteiger partial charge in [-0.25, -0.2) is 12.8 Å². The molecule has 0 unspecified atom stereocenters. The third-order valence-corrected chi connectivity index (χ3v) is 7.34. The Morgan fingerprint density at radius 3 is 2.61 bits per heavy atom. The van der Waals surface area contributed by atoms with Crippen LogP contribution in [-0.2, 0) is 10.0 Å². The summed E-state index contributed by atoms with van der Waals surface area (Å²) in [4.78, 5) is 12.9. The number of methoxy groups -OCH3 is 1. The van der Waals surface area contributed by atoms with Gasteiger partial charge < -0.3 is 9.26 Å². The Labute approximate surface area is 220 Å². The van der Waals surface area contributed by atoms with Crippen LogP contribution in [0.2, 0.25) is 5.02 Å². The molecule has 2 aromatic heterocycles. The van der Waals surface area contributed by atoms with E-state index in [9.17, 15) is 18.5 Å². The van der Waals surface area contributed by atoms with E-state index in [4.69, 9.17) is 16.3 Å². The molecule has 0 spiro atoms. The van der Waals surface area contributed by atoms with Crippen LogP contribution < -0.4 is 15.0 Å². The molecule has 0 fully saturated rings. The topological polar surface area (TPSA) is 127 Å². The lowest BCUT2D eigenvalue weighted by molar-refractivity contribution is 0.412. The second kappa shape index (κ2) is 9.66. The highest BCUT2D eigenvalue weighted by Crippen LogP contribution is 2.36. The fourth-order valence-corrected chi connectivity index (χ4v) is 5.23. The summed E-state index contributed by atoms with van der Waals surface area (Å²) in [6.45, 7) is 0. The Hall–Kier alpha value is -4.66. The first-order valence-corrected chi connectivity index (χ1v) is 12.7. The Balaban J connectivity index is 1.67. The van der Waals surface area contributed by atoms with E-state index in [2.05, 4.69) is 14.4 Å². The fourth-order valence-electron chi connectivity index (χ4n) is 4.03. The summed E-state index contributed by atoms with van der Waals surface area (Å²) < 4.78 is 54.7. The molecule has 0 saturated carbocycles. The van der Waals surface area contributed by atoms with E-state index < -0.39 is 21.4 Å². The SMILES string of the molecule is COc1cc(-c2cc(Cl)ccc2C#N)c(F)cc1-n1c(=O)ccc2cc(S(=O)(=O)Nc3ccon3)ccc21. The number of pyridine rings is 1. The highest BCUT2D eigenvalue weighted by Gasteiger charge is 2.20. The smallest absolute Gasteiger partial charge is 0.263 e. The maximum atomic E-state index is 15.5. The van der Waals surface area contributed by atoms with E-state index in [-0.39, 0.29) is 38.8 Å². The Morgan fingerprint density at radius 1 is 1.08 bits per heavy atom. The molecule has 0 aliphatic rings. The van der Waals surface area contributed by atoms with Gasteiger partial charge in [0.1, 0.15) is 17.8 Å². The van der Waals surface area contributed by atoms with Crippen LogP contribution >= 0.6 is 11.6 Å². The van der Waals surface area contributed by atoms with Crippen molar-refractivity contribution in [2.24, 2.45) is 0 Å². The second-order valence-electron chi connectivity index (χ2n) is 8.02. The number of fused-ring (bicyclic) bond motifs is 1. The molecule has 0 bridgehead atoms. The maximum absolute atomic E-state index is 15.5.